The van der Waals surface area contributed by atoms with Gasteiger partial charge in [-0.05, 0) is 19.1 Å². The topological polar surface area (TPSA) is 87.8 Å². The fourth-order valence-electron chi connectivity index (χ4n) is 3.18. The normalized spacial score (nSPS) is 19.6. The summed E-state index contributed by atoms with van der Waals surface area (Å²) in [7, 11) is 0. The second kappa shape index (κ2) is 7.14. The average Bonchev–Trinajstić information content (AvgIpc) is 3.28. The predicted molar refractivity (Wildman–Crippen MR) is 90.7 cm³/mol. The maximum atomic E-state index is 13.1. The monoisotopic (exact) mass is 395 g/mol. The van der Waals surface area contributed by atoms with Crippen molar-refractivity contribution in [2.75, 3.05) is 13.1 Å². The highest BCUT2D eigenvalue weighted by Crippen LogP contribution is 2.38. The minimum Gasteiger partial charge on any atom is -0.481 e. The third kappa shape index (κ3) is 3.78. The van der Waals surface area contributed by atoms with Crippen molar-refractivity contribution >= 4 is 17.7 Å². The Morgan fingerprint density at radius 3 is 2.21 bits per heavy atom. The van der Waals surface area contributed by atoms with E-state index in [1.165, 1.54) is 19.1 Å². The molecule has 1 aliphatic heterocycles. The van der Waals surface area contributed by atoms with Crippen molar-refractivity contribution in [2.24, 2.45) is 11.8 Å². The molecule has 1 N–H and O–H groups in total. The van der Waals surface area contributed by atoms with Crippen LogP contribution in [-0.4, -0.2) is 46.9 Å². The molecule has 0 saturated carbocycles. The largest absolute Gasteiger partial charge is 0.481 e. The SMILES string of the molecule is CC(=O)c1ccc(-c2ccc(C(=O)N3C[C@@H](C(F)(F)F)[C@H](C(=O)O)C3)o2)cc1. The molecule has 1 fully saturated rings. The van der Waals surface area contributed by atoms with Gasteiger partial charge in [0.25, 0.3) is 5.91 Å². The lowest BCUT2D eigenvalue weighted by Crippen LogP contribution is -2.34. The Bertz CT molecular complexity index is 916. The van der Waals surface area contributed by atoms with Crippen LogP contribution in [0.2, 0.25) is 0 Å². The van der Waals surface area contributed by atoms with Crippen molar-refractivity contribution in [2.45, 2.75) is 13.1 Å². The first-order valence-corrected chi connectivity index (χ1v) is 8.38. The minimum absolute atomic E-state index is 0.108. The molecule has 0 unspecified atom stereocenters. The Morgan fingerprint density at radius 2 is 1.71 bits per heavy atom. The number of hydrogen-bond donors (Lipinski definition) is 1. The van der Waals surface area contributed by atoms with E-state index in [0.717, 1.165) is 4.90 Å². The lowest BCUT2D eigenvalue weighted by molar-refractivity contribution is -0.187. The predicted octanol–water partition coefficient (Wildman–Crippen LogP) is 3.48. The van der Waals surface area contributed by atoms with Crippen molar-refractivity contribution in [3.8, 4) is 11.3 Å². The Morgan fingerprint density at radius 1 is 1.07 bits per heavy atom. The number of amides is 1. The van der Waals surface area contributed by atoms with E-state index in [2.05, 4.69) is 0 Å². The third-order valence-electron chi connectivity index (χ3n) is 4.74. The number of Topliss-reactive ketones (excluding diaryl/α,β-unsaturated/α-hetero) is 1. The van der Waals surface area contributed by atoms with Crippen molar-refractivity contribution < 1.29 is 37.1 Å². The lowest BCUT2D eigenvalue weighted by Gasteiger charge is -2.17. The number of carbonyl (C=O) groups is 3. The van der Waals surface area contributed by atoms with E-state index in [1.54, 1.807) is 24.3 Å². The van der Waals surface area contributed by atoms with Gasteiger partial charge in [0.15, 0.2) is 11.5 Å². The molecule has 9 heteroatoms. The number of benzene rings is 1. The zero-order valence-corrected chi connectivity index (χ0v) is 14.7. The van der Waals surface area contributed by atoms with Gasteiger partial charge in [0.1, 0.15) is 5.76 Å². The van der Waals surface area contributed by atoms with Crippen LogP contribution in [0.5, 0.6) is 0 Å². The van der Waals surface area contributed by atoms with Gasteiger partial charge in [0.05, 0.1) is 11.8 Å². The summed E-state index contributed by atoms with van der Waals surface area (Å²) in [4.78, 5) is 35.8. The Hall–Kier alpha value is -3.10. The molecule has 148 valence electrons. The molecule has 1 saturated heterocycles. The molecule has 0 aliphatic carbocycles. The summed E-state index contributed by atoms with van der Waals surface area (Å²) in [5, 5.41) is 9.05. The van der Waals surface area contributed by atoms with E-state index in [-0.39, 0.29) is 11.5 Å². The molecule has 2 heterocycles. The minimum atomic E-state index is -4.72. The van der Waals surface area contributed by atoms with Crippen LogP contribution in [0, 0.1) is 11.8 Å². The summed E-state index contributed by atoms with van der Waals surface area (Å²) >= 11 is 0. The van der Waals surface area contributed by atoms with Gasteiger partial charge in [-0.3, -0.25) is 14.4 Å². The molecule has 1 aromatic carbocycles. The molecule has 6 nitrogen and oxygen atoms in total. The van der Waals surface area contributed by atoms with Crippen LogP contribution in [0.25, 0.3) is 11.3 Å². The number of furan rings is 1. The van der Waals surface area contributed by atoms with E-state index in [1.807, 2.05) is 0 Å². The van der Waals surface area contributed by atoms with Crippen LogP contribution in [-0.2, 0) is 4.79 Å². The van der Waals surface area contributed by atoms with E-state index in [9.17, 15) is 27.6 Å². The standard InChI is InChI=1S/C19H16F3NO5/c1-10(24)11-2-4-12(5-3-11)15-6-7-16(28-15)17(25)23-8-13(18(26)27)14(9-23)19(20,21)22/h2-7,13-14H,8-9H2,1H3,(H,26,27)/t13-,14-/m1/s1. The Kier molecular flexibility index (Phi) is 5.01. The molecule has 2 aromatic rings. The van der Waals surface area contributed by atoms with Crippen LogP contribution >= 0.6 is 0 Å². The molecule has 28 heavy (non-hydrogen) atoms. The van der Waals surface area contributed by atoms with E-state index < -0.39 is 43.0 Å². The first kappa shape index (κ1) is 19.7. The number of carbonyl (C=O) groups excluding carboxylic acids is 2. The smallest absolute Gasteiger partial charge is 0.394 e. The van der Waals surface area contributed by atoms with E-state index in [0.29, 0.717) is 16.9 Å². The quantitative estimate of drug-likeness (QED) is 0.801. The van der Waals surface area contributed by atoms with Crippen LogP contribution in [0.1, 0.15) is 27.8 Å². The average molecular weight is 395 g/mol. The first-order valence-electron chi connectivity index (χ1n) is 8.38. The number of ketones is 1. The summed E-state index contributed by atoms with van der Waals surface area (Å²) in [5.41, 5.74) is 1.09. The zero-order valence-electron chi connectivity index (χ0n) is 14.7. The van der Waals surface area contributed by atoms with Crippen LogP contribution in [0.15, 0.2) is 40.8 Å². The van der Waals surface area contributed by atoms with Gasteiger partial charge >= 0.3 is 12.1 Å². The summed E-state index contributed by atoms with van der Waals surface area (Å²) < 4.78 is 44.7. The molecule has 0 radical (unpaired) electrons. The second-order valence-electron chi connectivity index (χ2n) is 6.60. The molecule has 1 amide bonds. The summed E-state index contributed by atoms with van der Waals surface area (Å²) in [6.07, 6.45) is -4.72. The van der Waals surface area contributed by atoms with Gasteiger partial charge in [-0.25, -0.2) is 0 Å². The van der Waals surface area contributed by atoms with Gasteiger partial charge in [-0.1, -0.05) is 24.3 Å². The highest BCUT2D eigenvalue weighted by atomic mass is 19.4. The van der Waals surface area contributed by atoms with Gasteiger partial charge in [-0.2, -0.15) is 13.2 Å². The molecule has 2 atom stereocenters. The number of rotatable bonds is 4. The highest BCUT2D eigenvalue weighted by Gasteiger charge is 2.53. The molecule has 0 spiro atoms. The molecule has 1 aromatic heterocycles. The van der Waals surface area contributed by atoms with Crippen molar-refractivity contribution in [3.63, 3.8) is 0 Å². The molecular formula is C19H16F3NO5. The lowest BCUT2D eigenvalue weighted by atomic mass is 9.96. The van der Waals surface area contributed by atoms with Gasteiger partial charge in [0, 0.05) is 24.2 Å². The number of hydrogen-bond acceptors (Lipinski definition) is 4. The summed E-state index contributed by atoms with van der Waals surface area (Å²) in [6.45, 7) is 0.150. The van der Waals surface area contributed by atoms with Crippen LogP contribution in [0.3, 0.4) is 0 Å². The van der Waals surface area contributed by atoms with Crippen LogP contribution in [0.4, 0.5) is 13.2 Å². The fraction of sp³-hybridized carbons (Fsp3) is 0.316. The first-order chi connectivity index (χ1) is 13.1. The van der Waals surface area contributed by atoms with E-state index >= 15 is 0 Å². The summed E-state index contributed by atoms with van der Waals surface area (Å²) in [5.74, 6) is -6.21. The Balaban J connectivity index is 1.79. The van der Waals surface area contributed by atoms with Crippen molar-refractivity contribution in [1.29, 1.82) is 0 Å². The van der Waals surface area contributed by atoms with E-state index in [4.69, 9.17) is 9.52 Å². The number of aliphatic carboxylic acids is 1. The van der Waals surface area contributed by atoms with Crippen molar-refractivity contribution in [1.82, 2.24) is 4.90 Å². The molecule has 1 aliphatic rings. The number of nitrogens with zero attached hydrogens (tertiary/aromatic N) is 1. The zero-order chi connectivity index (χ0) is 20.6. The van der Waals surface area contributed by atoms with Crippen LogP contribution < -0.4 is 0 Å². The summed E-state index contributed by atoms with van der Waals surface area (Å²) in [6, 6.07) is 9.25. The van der Waals surface area contributed by atoms with Crippen molar-refractivity contribution in [3.05, 3.63) is 47.7 Å². The maximum absolute atomic E-state index is 13.1. The molecular weight excluding hydrogens is 379 g/mol. The van der Waals surface area contributed by atoms with Gasteiger partial charge in [0.2, 0.25) is 0 Å². The number of alkyl halides is 3. The number of carboxylic acid groups (broad SMARTS) is 1. The highest BCUT2D eigenvalue weighted by molar-refractivity contribution is 5.95. The number of halogens is 3. The molecule has 3 rings (SSSR count). The second-order valence-corrected chi connectivity index (χ2v) is 6.60. The fourth-order valence-corrected chi connectivity index (χ4v) is 3.18. The van der Waals surface area contributed by atoms with Gasteiger partial charge in [-0.15, -0.1) is 0 Å². The number of carboxylic acids is 1. The maximum Gasteiger partial charge on any atom is 0.394 e. The number of likely N-dealkylation sites (tertiary alicyclic amines) is 1. The molecule has 0 bridgehead atoms. The van der Waals surface area contributed by atoms with Gasteiger partial charge < -0.3 is 14.4 Å². The Labute approximate surface area is 157 Å². The third-order valence-corrected chi connectivity index (χ3v) is 4.74.